The Morgan fingerprint density at radius 3 is 2.52 bits per heavy atom. The fraction of sp³-hybridized carbons (Fsp3) is 0.667. The number of benzene rings is 1. The summed E-state index contributed by atoms with van der Waals surface area (Å²) in [6.45, 7) is 8.67. The summed E-state index contributed by atoms with van der Waals surface area (Å²) in [6.07, 6.45) is 6.60. The number of anilines is 1. The number of aliphatic hydroxyl groups is 1. The van der Waals surface area contributed by atoms with Gasteiger partial charge in [-0.15, -0.1) is 10.2 Å². The van der Waals surface area contributed by atoms with E-state index in [0.29, 0.717) is 24.8 Å². The quantitative estimate of drug-likeness (QED) is 0.603. The summed E-state index contributed by atoms with van der Waals surface area (Å²) in [7, 11) is 0. The zero-order valence-corrected chi connectivity index (χ0v) is 20.4. The van der Waals surface area contributed by atoms with Crippen molar-refractivity contribution in [2.75, 3.05) is 5.32 Å². The summed E-state index contributed by atoms with van der Waals surface area (Å²) in [4.78, 5) is 13.4. The van der Waals surface area contributed by atoms with Crippen molar-refractivity contribution < 1.29 is 9.90 Å². The van der Waals surface area contributed by atoms with Crippen LogP contribution in [-0.4, -0.2) is 31.9 Å². The first-order chi connectivity index (χ1) is 15.8. The summed E-state index contributed by atoms with van der Waals surface area (Å²) in [5.74, 6) is 3.70. The van der Waals surface area contributed by atoms with Gasteiger partial charge in [0.25, 0.3) is 0 Å². The van der Waals surface area contributed by atoms with Crippen molar-refractivity contribution in [1.29, 1.82) is 0 Å². The van der Waals surface area contributed by atoms with Gasteiger partial charge in [0, 0.05) is 23.6 Å². The van der Waals surface area contributed by atoms with E-state index in [4.69, 9.17) is 0 Å². The normalized spacial score (nSPS) is 29.3. The highest BCUT2D eigenvalue weighted by Crippen LogP contribution is 2.49. The highest BCUT2D eigenvalue weighted by atomic mass is 16.3. The topological polar surface area (TPSA) is 80.0 Å². The van der Waals surface area contributed by atoms with Crippen LogP contribution in [0.15, 0.2) is 18.2 Å². The number of carbonyl (C=O) groups excluding carboxylic acids is 1. The van der Waals surface area contributed by atoms with Crippen LogP contribution in [0.5, 0.6) is 0 Å². The number of nitrogens with one attached hydrogen (secondary N) is 1. The molecule has 0 bridgehead atoms. The largest absolute Gasteiger partial charge is 0.393 e. The molecule has 1 heterocycles. The SMILES string of the molecule is Cc1ccc(NC(=O)[C@H]2C[C@@H](O)C[C@@H]2c2nnc([C@H]3C[C@@H](CC(C)C)C3)n2C2CC2)c(C)c1. The lowest BCUT2D eigenvalue weighted by Crippen LogP contribution is -2.28. The summed E-state index contributed by atoms with van der Waals surface area (Å²) in [5, 5.41) is 23.0. The second kappa shape index (κ2) is 8.86. The number of nitrogens with zero attached hydrogens (tertiary/aromatic N) is 3. The van der Waals surface area contributed by atoms with Gasteiger partial charge in [-0.2, -0.15) is 0 Å². The van der Waals surface area contributed by atoms with Gasteiger partial charge < -0.3 is 15.0 Å². The summed E-state index contributed by atoms with van der Waals surface area (Å²) >= 11 is 0. The fourth-order valence-corrected chi connectivity index (χ4v) is 6.13. The van der Waals surface area contributed by atoms with Crippen LogP contribution in [0.4, 0.5) is 5.69 Å². The van der Waals surface area contributed by atoms with E-state index in [2.05, 4.69) is 46.9 Å². The molecule has 3 aliphatic carbocycles. The van der Waals surface area contributed by atoms with Crippen LogP contribution in [0.1, 0.15) is 99.4 Å². The minimum Gasteiger partial charge on any atom is -0.393 e. The second-order valence-electron chi connectivity index (χ2n) is 11.3. The lowest BCUT2D eigenvalue weighted by molar-refractivity contribution is -0.120. The highest BCUT2D eigenvalue weighted by Gasteiger charge is 2.45. The number of rotatable bonds is 7. The standard InChI is InChI=1S/C27H38N4O2/c1-15(2)9-18-11-19(12-18)25-29-30-26(31(25)20-6-7-20)22-13-21(32)14-23(22)27(33)28-24-8-5-16(3)10-17(24)4/h5,8,10,15,18-23,32H,6-7,9,11-14H2,1-4H3,(H,28,33)/t18-,19+,21-,22-,23-/m0/s1. The van der Waals surface area contributed by atoms with Crippen molar-refractivity contribution in [2.45, 2.75) is 96.6 Å². The van der Waals surface area contributed by atoms with Crippen molar-refractivity contribution >= 4 is 11.6 Å². The monoisotopic (exact) mass is 450 g/mol. The van der Waals surface area contributed by atoms with Crippen molar-refractivity contribution in [3.63, 3.8) is 0 Å². The molecule has 3 aliphatic rings. The van der Waals surface area contributed by atoms with Gasteiger partial charge in [0.15, 0.2) is 0 Å². The first-order valence-electron chi connectivity index (χ1n) is 12.8. The van der Waals surface area contributed by atoms with Gasteiger partial charge in [0.05, 0.1) is 12.0 Å². The first-order valence-corrected chi connectivity index (χ1v) is 12.8. The smallest absolute Gasteiger partial charge is 0.228 e. The lowest BCUT2D eigenvalue weighted by atomic mass is 9.71. The van der Waals surface area contributed by atoms with Gasteiger partial charge in [-0.25, -0.2) is 0 Å². The molecule has 0 unspecified atom stereocenters. The lowest BCUT2D eigenvalue weighted by Gasteiger charge is -2.36. The average molecular weight is 451 g/mol. The van der Waals surface area contributed by atoms with E-state index in [9.17, 15) is 9.90 Å². The number of aliphatic hydroxyl groups excluding tert-OH is 1. The molecular formula is C27H38N4O2. The van der Waals surface area contributed by atoms with E-state index in [1.54, 1.807) is 0 Å². The minimum atomic E-state index is -0.475. The van der Waals surface area contributed by atoms with Crippen molar-refractivity contribution in [3.05, 3.63) is 41.0 Å². The highest BCUT2D eigenvalue weighted by molar-refractivity contribution is 5.94. The molecule has 6 nitrogen and oxygen atoms in total. The third kappa shape index (κ3) is 4.59. The van der Waals surface area contributed by atoms with Crippen LogP contribution in [0.25, 0.3) is 0 Å². The summed E-state index contributed by atoms with van der Waals surface area (Å²) in [5.41, 5.74) is 3.08. The molecule has 0 spiro atoms. The average Bonchev–Trinajstić information content (AvgIpc) is 3.35. The Morgan fingerprint density at radius 2 is 1.85 bits per heavy atom. The van der Waals surface area contributed by atoms with Gasteiger partial charge in [-0.3, -0.25) is 4.79 Å². The number of hydrogen-bond acceptors (Lipinski definition) is 4. The molecule has 5 rings (SSSR count). The molecule has 1 amide bonds. The maximum atomic E-state index is 13.4. The van der Waals surface area contributed by atoms with E-state index in [1.165, 1.54) is 24.8 Å². The molecule has 3 saturated carbocycles. The van der Waals surface area contributed by atoms with Crippen LogP contribution in [0.3, 0.4) is 0 Å². The molecule has 3 atom stereocenters. The fourth-order valence-electron chi connectivity index (χ4n) is 6.13. The number of hydrogen-bond donors (Lipinski definition) is 2. The summed E-state index contributed by atoms with van der Waals surface area (Å²) in [6, 6.07) is 6.54. The van der Waals surface area contributed by atoms with Gasteiger partial charge in [-0.1, -0.05) is 31.5 Å². The molecule has 178 valence electrons. The van der Waals surface area contributed by atoms with E-state index >= 15 is 0 Å². The number of aromatic nitrogens is 3. The molecule has 0 radical (unpaired) electrons. The number of carbonyl (C=O) groups is 1. The zero-order chi connectivity index (χ0) is 23.3. The van der Waals surface area contributed by atoms with Crippen molar-refractivity contribution in [2.24, 2.45) is 17.8 Å². The van der Waals surface area contributed by atoms with Crippen LogP contribution in [0, 0.1) is 31.6 Å². The Labute approximate surface area is 197 Å². The molecule has 1 aromatic heterocycles. The molecule has 3 fully saturated rings. The molecule has 0 saturated heterocycles. The third-order valence-corrected chi connectivity index (χ3v) is 7.91. The Bertz CT molecular complexity index is 1020. The molecule has 0 aliphatic heterocycles. The van der Waals surface area contributed by atoms with Crippen LogP contribution in [0.2, 0.25) is 0 Å². The first kappa shape index (κ1) is 22.6. The summed E-state index contributed by atoms with van der Waals surface area (Å²) < 4.78 is 2.37. The number of aryl methyl sites for hydroxylation is 2. The third-order valence-electron chi connectivity index (χ3n) is 7.91. The second-order valence-corrected chi connectivity index (χ2v) is 11.3. The minimum absolute atomic E-state index is 0.0176. The number of amides is 1. The Balaban J connectivity index is 1.36. The Hall–Kier alpha value is -2.21. The molecule has 2 aromatic rings. The van der Waals surface area contributed by atoms with E-state index < -0.39 is 6.10 Å². The predicted octanol–water partition coefficient (Wildman–Crippen LogP) is 5.26. The van der Waals surface area contributed by atoms with Crippen LogP contribution < -0.4 is 5.32 Å². The zero-order valence-electron chi connectivity index (χ0n) is 20.4. The molecule has 1 aromatic carbocycles. The Morgan fingerprint density at radius 1 is 1.12 bits per heavy atom. The Kier molecular flexibility index (Phi) is 6.06. The molecular weight excluding hydrogens is 412 g/mol. The maximum Gasteiger partial charge on any atom is 0.228 e. The van der Waals surface area contributed by atoms with Gasteiger partial charge >= 0.3 is 0 Å². The molecule has 33 heavy (non-hydrogen) atoms. The van der Waals surface area contributed by atoms with Crippen LogP contribution in [-0.2, 0) is 4.79 Å². The van der Waals surface area contributed by atoms with Gasteiger partial charge in [0.2, 0.25) is 5.91 Å². The maximum absolute atomic E-state index is 13.4. The van der Waals surface area contributed by atoms with Crippen molar-refractivity contribution in [1.82, 2.24) is 14.8 Å². The van der Waals surface area contributed by atoms with E-state index in [0.717, 1.165) is 47.6 Å². The van der Waals surface area contributed by atoms with E-state index in [1.807, 2.05) is 19.1 Å². The van der Waals surface area contributed by atoms with Gasteiger partial charge in [-0.05, 0) is 82.3 Å². The van der Waals surface area contributed by atoms with Crippen molar-refractivity contribution in [3.8, 4) is 0 Å². The molecule has 6 heteroatoms. The van der Waals surface area contributed by atoms with Gasteiger partial charge in [0.1, 0.15) is 11.6 Å². The van der Waals surface area contributed by atoms with E-state index in [-0.39, 0.29) is 17.7 Å². The molecule has 2 N–H and O–H groups in total. The predicted molar refractivity (Wildman–Crippen MR) is 129 cm³/mol. The van der Waals surface area contributed by atoms with Crippen LogP contribution >= 0.6 is 0 Å².